The number of nitrogens with one attached hydrogen (secondary N) is 1. The van der Waals surface area contributed by atoms with Crippen molar-refractivity contribution in [1.82, 2.24) is 10.2 Å². The third-order valence-corrected chi connectivity index (χ3v) is 5.64. The average Bonchev–Trinajstić information content (AvgIpc) is 3.33. The molecule has 2 atom stereocenters. The van der Waals surface area contributed by atoms with Crippen LogP contribution in [-0.4, -0.2) is 49.5 Å². The molecule has 0 bridgehead atoms. The van der Waals surface area contributed by atoms with Crippen molar-refractivity contribution in [2.45, 2.75) is 31.5 Å². The number of likely N-dealkylation sites (tertiary alicyclic amines) is 1. The normalized spacial score (nSPS) is 19.7. The van der Waals surface area contributed by atoms with Crippen molar-refractivity contribution < 1.29 is 28.6 Å². The first-order chi connectivity index (χ1) is 15.0. The lowest BCUT2D eigenvalue weighted by Crippen LogP contribution is -2.46. The summed E-state index contributed by atoms with van der Waals surface area (Å²) in [6.45, 7) is 0.397. The Balaban J connectivity index is 1.42. The second-order valence-corrected chi connectivity index (χ2v) is 7.43. The molecule has 2 aromatic carbocycles. The number of amides is 2. The van der Waals surface area contributed by atoms with Crippen molar-refractivity contribution in [3.63, 3.8) is 0 Å². The van der Waals surface area contributed by atoms with Crippen molar-refractivity contribution in [3.8, 4) is 11.5 Å². The highest BCUT2D eigenvalue weighted by molar-refractivity contribution is 5.96. The maximum atomic E-state index is 12.9. The molecule has 0 saturated carbocycles. The highest BCUT2D eigenvalue weighted by atomic mass is 16.6. The Kier molecular flexibility index (Phi) is 5.79. The number of hydrogen-bond donors (Lipinski definition) is 1. The fraction of sp³-hybridized carbons (Fsp3) is 0.348. The Bertz CT molecular complexity index is 1020. The number of nitrogens with zero attached hydrogens (tertiary/aromatic N) is 1. The first kappa shape index (κ1) is 20.7. The Hall–Kier alpha value is -3.55. The Morgan fingerprint density at radius 1 is 1.13 bits per heavy atom. The van der Waals surface area contributed by atoms with E-state index in [1.165, 1.54) is 4.90 Å². The highest BCUT2D eigenvalue weighted by Crippen LogP contribution is 2.38. The molecule has 2 aromatic rings. The second-order valence-electron chi connectivity index (χ2n) is 7.43. The molecule has 2 heterocycles. The van der Waals surface area contributed by atoms with Crippen molar-refractivity contribution in [2.24, 2.45) is 0 Å². The third-order valence-electron chi connectivity index (χ3n) is 5.64. The van der Waals surface area contributed by atoms with Gasteiger partial charge >= 0.3 is 5.97 Å². The number of ether oxygens (including phenoxy) is 3. The number of fused-ring (bicyclic) bond motifs is 1. The number of hydrogen-bond acceptors (Lipinski definition) is 6. The van der Waals surface area contributed by atoms with Gasteiger partial charge in [0.1, 0.15) is 6.04 Å². The number of rotatable bonds is 7. The van der Waals surface area contributed by atoms with Gasteiger partial charge in [-0.25, -0.2) is 4.79 Å². The largest absolute Gasteiger partial charge is 0.493 e. The van der Waals surface area contributed by atoms with Crippen molar-refractivity contribution in [3.05, 3.63) is 59.2 Å². The van der Waals surface area contributed by atoms with Crippen LogP contribution in [0.3, 0.4) is 0 Å². The van der Waals surface area contributed by atoms with Gasteiger partial charge in [-0.15, -0.1) is 0 Å². The molecule has 0 radical (unpaired) electrons. The zero-order valence-corrected chi connectivity index (χ0v) is 17.4. The van der Waals surface area contributed by atoms with Crippen LogP contribution in [0.25, 0.3) is 0 Å². The lowest BCUT2D eigenvalue weighted by atomic mass is 10.1. The second kappa shape index (κ2) is 8.67. The minimum atomic E-state index is -0.861. The zero-order valence-electron chi connectivity index (χ0n) is 17.4. The van der Waals surface area contributed by atoms with Crippen LogP contribution >= 0.6 is 0 Å². The summed E-state index contributed by atoms with van der Waals surface area (Å²) in [6.07, 6.45) is 0.357. The summed E-state index contributed by atoms with van der Waals surface area (Å²) in [5, 5.41) is 2.90. The molecular formula is C23H24N2O6. The average molecular weight is 424 g/mol. The first-order valence-electron chi connectivity index (χ1n) is 10.1. The molecule has 31 heavy (non-hydrogen) atoms. The summed E-state index contributed by atoms with van der Waals surface area (Å²) in [5.41, 5.74) is 2.03. The summed E-state index contributed by atoms with van der Waals surface area (Å²) in [5.74, 6) is 0.330. The molecule has 1 unspecified atom stereocenters. The van der Waals surface area contributed by atoms with Crippen LogP contribution in [0, 0.1) is 0 Å². The summed E-state index contributed by atoms with van der Waals surface area (Å²) >= 11 is 0. The van der Waals surface area contributed by atoms with Crippen LogP contribution in [0.15, 0.2) is 42.5 Å². The Morgan fingerprint density at radius 2 is 1.90 bits per heavy atom. The van der Waals surface area contributed by atoms with E-state index < -0.39 is 18.2 Å². The molecule has 0 spiro atoms. The van der Waals surface area contributed by atoms with Crippen LogP contribution in [0.2, 0.25) is 0 Å². The molecule has 1 fully saturated rings. The lowest BCUT2D eigenvalue weighted by Gasteiger charge is -2.29. The minimum Gasteiger partial charge on any atom is -0.493 e. The van der Waals surface area contributed by atoms with E-state index in [4.69, 9.17) is 14.2 Å². The highest BCUT2D eigenvalue weighted by Gasteiger charge is 2.46. The van der Waals surface area contributed by atoms with E-state index in [0.29, 0.717) is 42.0 Å². The van der Waals surface area contributed by atoms with Crippen LogP contribution in [0.1, 0.15) is 40.6 Å². The molecule has 162 valence electrons. The van der Waals surface area contributed by atoms with Gasteiger partial charge < -0.3 is 19.5 Å². The predicted molar refractivity (Wildman–Crippen MR) is 111 cm³/mol. The SMILES string of the molecule is COc1ccc(CCNC(=O)[C@@H]2CCC(=O)N2C2OC(=O)c3ccccc32)cc1OC. The van der Waals surface area contributed by atoms with Gasteiger partial charge in [0, 0.05) is 18.5 Å². The van der Waals surface area contributed by atoms with Gasteiger partial charge in [-0.1, -0.05) is 24.3 Å². The van der Waals surface area contributed by atoms with E-state index >= 15 is 0 Å². The fourth-order valence-corrected chi connectivity index (χ4v) is 4.07. The quantitative estimate of drug-likeness (QED) is 0.685. The van der Waals surface area contributed by atoms with E-state index in [0.717, 1.165) is 5.56 Å². The van der Waals surface area contributed by atoms with Crippen molar-refractivity contribution >= 4 is 17.8 Å². The number of esters is 1. The van der Waals surface area contributed by atoms with E-state index in [9.17, 15) is 14.4 Å². The van der Waals surface area contributed by atoms with Crippen LogP contribution < -0.4 is 14.8 Å². The predicted octanol–water partition coefficient (Wildman–Crippen LogP) is 2.22. The van der Waals surface area contributed by atoms with Gasteiger partial charge in [-0.05, 0) is 36.6 Å². The molecule has 8 nitrogen and oxygen atoms in total. The third kappa shape index (κ3) is 3.93. The first-order valence-corrected chi connectivity index (χ1v) is 10.1. The topological polar surface area (TPSA) is 94.2 Å². The Labute approximate surface area is 180 Å². The molecule has 2 amide bonds. The standard InChI is InChI=1S/C23H24N2O6/c1-29-18-9-7-14(13-19(18)30-2)11-12-24-21(27)17-8-10-20(26)25(17)22-15-5-3-4-6-16(15)23(28)31-22/h3-7,9,13,17,22H,8,10-12H2,1-2H3,(H,24,27)/t17-,22?/m0/s1. The van der Waals surface area contributed by atoms with Crippen LogP contribution in [0.5, 0.6) is 11.5 Å². The van der Waals surface area contributed by atoms with Gasteiger partial charge in [-0.3, -0.25) is 14.5 Å². The minimum absolute atomic E-state index is 0.199. The number of benzene rings is 2. The smallest absolute Gasteiger partial charge is 0.340 e. The van der Waals surface area contributed by atoms with Gasteiger partial charge in [0.05, 0.1) is 19.8 Å². The van der Waals surface area contributed by atoms with Gasteiger partial charge in [0.25, 0.3) is 0 Å². The van der Waals surface area contributed by atoms with Gasteiger partial charge in [0.15, 0.2) is 11.5 Å². The Morgan fingerprint density at radius 3 is 2.68 bits per heavy atom. The number of methoxy groups -OCH3 is 2. The molecule has 1 N–H and O–H groups in total. The maximum absolute atomic E-state index is 12.9. The molecule has 1 saturated heterocycles. The number of cyclic esters (lactones) is 1. The summed E-state index contributed by atoms with van der Waals surface area (Å²) in [6, 6.07) is 11.9. The number of carbonyl (C=O) groups is 3. The molecular weight excluding hydrogens is 400 g/mol. The van der Waals surface area contributed by atoms with E-state index in [1.54, 1.807) is 38.5 Å². The molecule has 0 aliphatic carbocycles. The molecule has 2 aliphatic heterocycles. The number of carbonyl (C=O) groups excluding carboxylic acids is 3. The van der Waals surface area contributed by atoms with Gasteiger partial charge in [0.2, 0.25) is 18.0 Å². The van der Waals surface area contributed by atoms with E-state index in [2.05, 4.69) is 5.32 Å². The van der Waals surface area contributed by atoms with Crippen LogP contribution in [0.4, 0.5) is 0 Å². The lowest BCUT2D eigenvalue weighted by molar-refractivity contribution is -0.145. The molecule has 0 aromatic heterocycles. The van der Waals surface area contributed by atoms with Crippen molar-refractivity contribution in [2.75, 3.05) is 20.8 Å². The van der Waals surface area contributed by atoms with Crippen LogP contribution in [-0.2, 0) is 20.7 Å². The van der Waals surface area contributed by atoms with Gasteiger partial charge in [-0.2, -0.15) is 0 Å². The summed E-state index contributed by atoms with van der Waals surface area (Å²) in [7, 11) is 3.15. The maximum Gasteiger partial charge on any atom is 0.340 e. The van der Waals surface area contributed by atoms with E-state index in [-0.39, 0.29) is 18.2 Å². The summed E-state index contributed by atoms with van der Waals surface area (Å²) < 4.78 is 16.0. The molecule has 4 rings (SSSR count). The fourth-order valence-electron chi connectivity index (χ4n) is 4.07. The molecule has 2 aliphatic rings. The summed E-state index contributed by atoms with van der Waals surface area (Å²) in [4.78, 5) is 39.0. The molecule has 8 heteroatoms. The van der Waals surface area contributed by atoms with E-state index in [1.807, 2.05) is 18.2 Å². The van der Waals surface area contributed by atoms with Crippen molar-refractivity contribution in [1.29, 1.82) is 0 Å². The zero-order chi connectivity index (χ0) is 22.0. The monoisotopic (exact) mass is 424 g/mol.